The highest BCUT2D eigenvalue weighted by molar-refractivity contribution is 6.04. The molecule has 0 spiro atoms. The lowest BCUT2D eigenvalue weighted by molar-refractivity contribution is -0.142. The predicted octanol–water partition coefficient (Wildman–Crippen LogP) is -1.84. The Kier molecular flexibility index (Phi) is 4.74. The fourth-order valence-corrected chi connectivity index (χ4v) is 0.774. The standard InChI is InChI=1S/C7H12N2O5/c8-3(1-2-4(10)11)6(12)5(9)7(13)14/h3,5H,1-2,8-9H2,(H,10,11)(H,13,14)/t3-,5?/m1/s1. The molecule has 0 rings (SSSR count). The van der Waals surface area contributed by atoms with E-state index in [0.29, 0.717) is 0 Å². The van der Waals surface area contributed by atoms with Crippen molar-refractivity contribution in [2.45, 2.75) is 24.9 Å². The van der Waals surface area contributed by atoms with Crippen molar-refractivity contribution < 1.29 is 24.6 Å². The van der Waals surface area contributed by atoms with Crippen molar-refractivity contribution >= 4 is 17.7 Å². The van der Waals surface area contributed by atoms with E-state index in [9.17, 15) is 14.4 Å². The Hall–Kier alpha value is -1.47. The van der Waals surface area contributed by atoms with Gasteiger partial charge in [0.15, 0.2) is 11.8 Å². The van der Waals surface area contributed by atoms with Crippen molar-refractivity contribution in [1.29, 1.82) is 0 Å². The molecule has 6 N–H and O–H groups in total. The molecule has 0 aromatic carbocycles. The summed E-state index contributed by atoms with van der Waals surface area (Å²) < 4.78 is 0. The van der Waals surface area contributed by atoms with Gasteiger partial charge in [0.1, 0.15) is 0 Å². The molecule has 14 heavy (non-hydrogen) atoms. The molecule has 80 valence electrons. The van der Waals surface area contributed by atoms with Gasteiger partial charge in [-0.25, -0.2) is 0 Å². The molecule has 0 aliphatic rings. The number of rotatable bonds is 6. The summed E-state index contributed by atoms with van der Waals surface area (Å²) in [6.07, 6.45) is -0.408. The molecule has 0 aromatic rings. The zero-order valence-electron chi connectivity index (χ0n) is 7.34. The third-order valence-electron chi connectivity index (χ3n) is 1.61. The van der Waals surface area contributed by atoms with Crippen molar-refractivity contribution in [3.63, 3.8) is 0 Å². The number of ketones is 1. The van der Waals surface area contributed by atoms with Crippen LogP contribution in [0, 0.1) is 0 Å². The van der Waals surface area contributed by atoms with Crippen molar-refractivity contribution in [1.82, 2.24) is 0 Å². The summed E-state index contributed by atoms with van der Waals surface area (Å²) in [5.41, 5.74) is 10.2. The maximum absolute atomic E-state index is 11.1. The lowest BCUT2D eigenvalue weighted by atomic mass is 10.0. The summed E-state index contributed by atoms with van der Waals surface area (Å²) in [4.78, 5) is 31.5. The first-order valence-electron chi connectivity index (χ1n) is 3.85. The lowest BCUT2D eigenvalue weighted by Gasteiger charge is -2.11. The summed E-state index contributed by atoms with van der Waals surface area (Å²) in [5.74, 6) is -3.43. The highest BCUT2D eigenvalue weighted by Gasteiger charge is 2.26. The first-order valence-corrected chi connectivity index (χ1v) is 3.85. The number of hydrogen-bond acceptors (Lipinski definition) is 5. The fourth-order valence-electron chi connectivity index (χ4n) is 0.774. The minimum Gasteiger partial charge on any atom is -0.481 e. The Balaban J connectivity index is 4.11. The third kappa shape index (κ3) is 3.97. The molecule has 0 radical (unpaired) electrons. The van der Waals surface area contributed by atoms with E-state index in [4.69, 9.17) is 21.7 Å². The normalized spacial score (nSPS) is 14.4. The molecule has 0 amide bonds. The van der Waals surface area contributed by atoms with Gasteiger partial charge in [0.05, 0.1) is 6.04 Å². The molecule has 2 atom stereocenters. The van der Waals surface area contributed by atoms with Crippen LogP contribution in [-0.4, -0.2) is 40.0 Å². The summed E-state index contributed by atoms with van der Waals surface area (Å²) >= 11 is 0. The van der Waals surface area contributed by atoms with Crippen molar-refractivity contribution in [2.75, 3.05) is 0 Å². The van der Waals surface area contributed by atoms with E-state index in [2.05, 4.69) is 0 Å². The minimum absolute atomic E-state index is 0.116. The van der Waals surface area contributed by atoms with Gasteiger partial charge in [-0.05, 0) is 6.42 Å². The molecule has 0 aliphatic carbocycles. The molecule has 0 bridgehead atoms. The molecule has 0 saturated carbocycles. The monoisotopic (exact) mass is 204 g/mol. The molecule has 1 unspecified atom stereocenters. The Bertz CT molecular complexity index is 252. The van der Waals surface area contributed by atoms with Crippen LogP contribution in [0.25, 0.3) is 0 Å². The van der Waals surface area contributed by atoms with Gasteiger partial charge in [0.2, 0.25) is 0 Å². The number of aliphatic carboxylic acids is 2. The van der Waals surface area contributed by atoms with Crippen LogP contribution in [0.1, 0.15) is 12.8 Å². The quantitative estimate of drug-likeness (QED) is 0.372. The molecule has 0 aromatic heterocycles. The number of carboxylic acid groups (broad SMARTS) is 2. The van der Waals surface area contributed by atoms with Gasteiger partial charge < -0.3 is 21.7 Å². The summed E-state index contributed by atoms with van der Waals surface area (Å²) in [5, 5.41) is 16.6. The summed E-state index contributed by atoms with van der Waals surface area (Å²) in [7, 11) is 0. The average molecular weight is 204 g/mol. The fraction of sp³-hybridized carbons (Fsp3) is 0.571. The second-order valence-electron chi connectivity index (χ2n) is 2.76. The van der Waals surface area contributed by atoms with Gasteiger partial charge in [-0.2, -0.15) is 0 Å². The van der Waals surface area contributed by atoms with Crippen LogP contribution in [-0.2, 0) is 14.4 Å². The highest BCUT2D eigenvalue weighted by atomic mass is 16.4. The van der Waals surface area contributed by atoms with Crippen LogP contribution in [0.2, 0.25) is 0 Å². The van der Waals surface area contributed by atoms with Crippen LogP contribution in [0.3, 0.4) is 0 Å². The second kappa shape index (κ2) is 5.30. The number of carbonyl (C=O) groups is 3. The number of carbonyl (C=O) groups excluding carboxylic acids is 1. The van der Waals surface area contributed by atoms with Crippen LogP contribution in [0.4, 0.5) is 0 Å². The zero-order valence-corrected chi connectivity index (χ0v) is 7.34. The largest absolute Gasteiger partial charge is 0.481 e. The zero-order chi connectivity index (χ0) is 11.3. The summed E-state index contributed by atoms with van der Waals surface area (Å²) in [6, 6.07) is -2.82. The number of Topliss-reactive ketones (excluding diaryl/α,β-unsaturated/α-hetero) is 1. The number of carboxylic acids is 2. The molecule has 7 nitrogen and oxygen atoms in total. The van der Waals surface area contributed by atoms with Gasteiger partial charge in [-0.1, -0.05) is 0 Å². The van der Waals surface area contributed by atoms with Gasteiger partial charge in [-0.15, -0.1) is 0 Å². The van der Waals surface area contributed by atoms with Gasteiger partial charge >= 0.3 is 11.9 Å². The van der Waals surface area contributed by atoms with Gasteiger partial charge in [0.25, 0.3) is 0 Å². The lowest BCUT2D eigenvalue weighted by Crippen LogP contribution is -2.47. The molecule has 0 fully saturated rings. The Morgan fingerprint density at radius 1 is 1.14 bits per heavy atom. The Morgan fingerprint density at radius 2 is 1.64 bits per heavy atom. The van der Waals surface area contributed by atoms with E-state index in [1.165, 1.54) is 0 Å². The molecule has 0 saturated heterocycles. The molecule has 7 heteroatoms. The van der Waals surface area contributed by atoms with Gasteiger partial charge in [-0.3, -0.25) is 14.4 Å². The molecule has 0 heterocycles. The van der Waals surface area contributed by atoms with Crippen molar-refractivity contribution in [3.05, 3.63) is 0 Å². The van der Waals surface area contributed by atoms with Crippen LogP contribution < -0.4 is 11.5 Å². The smallest absolute Gasteiger partial charge is 0.328 e. The first kappa shape index (κ1) is 12.5. The maximum atomic E-state index is 11.1. The second-order valence-corrected chi connectivity index (χ2v) is 2.76. The first-order chi connectivity index (χ1) is 6.36. The van der Waals surface area contributed by atoms with Gasteiger partial charge in [0, 0.05) is 6.42 Å². The highest BCUT2D eigenvalue weighted by Crippen LogP contribution is 1.98. The molecule has 0 aliphatic heterocycles. The number of hydrogen-bond donors (Lipinski definition) is 4. The Labute approximate surface area is 79.7 Å². The SMILES string of the molecule is NC(C(=O)O)C(=O)[C@H](N)CCC(=O)O. The molecular weight excluding hydrogens is 192 g/mol. The van der Waals surface area contributed by atoms with Crippen LogP contribution in [0.15, 0.2) is 0 Å². The third-order valence-corrected chi connectivity index (χ3v) is 1.61. The average Bonchev–Trinajstić information content (AvgIpc) is 2.11. The molecular formula is C7H12N2O5. The van der Waals surface area contributed by atoms with E-state index in [0.717, 1.165) is 0 Å². The van der Waals surface area contributed by atoms with E-state index >= 15 is 0 Å². The topological polar surface area (TPSA) is 144 Å². The van der Waals surface area contributed by atoms with E-state index in [1.807, 2.05) is 0 Å². The summed E-state index contributed by atoms with van der Waals surface area (Å²) in [6.45, 7) is 0. The van der Waals surface area contributed by atoms with Crippen LogP contribution >= 0.6 is 0 Å². The maximum Gasteiger partial charge on any atom is 0.328 e. The van der Waals surface area contributed by atoms with E-state index in [-0.39, 0.29) is 12.8 Å². The van der Waals surface area contributed by atoms with Crippen LogP contribution in [0.5, 0.6) is 0 Å². The number of nitrogens with two attached hydrogens (primary N) is 2. The Morgan fingerprint density at radius 3 is 2.00 bits per heavy atom. The van der Waals surface area contributed by atoms with E-state index < -0.39 is 29.8 Å². The van der Waals surface area contributed by atoms with E-state index in [1.54, 1.807) is 0 Å². The van der Waals surface area contributed by atoms with Crippen molar-refractivity contribution in [3.8, 4) is 0 Å². The van der Waals surface area contributed by atoms with Crippen molar-refractivity contribution in [2.24, 2.45) is 11.5 Å². The predicted molar refractivity (Wildman–Crippen MR) is 45.5 cm³/mol. The minimum atomic E-state index is -1.68.